The number of carbonyl (C=O) groups excluding carboxylic acids is 3. The van der Waals surface area contributed by atoms with Crippen LogP contribution in [0.3, 0.4) is 0 Å². The molecular weight excluding hydrogens is 508 g/mol. The predicted molar refractivity (Wildman–Crippen MR) is 157 cm³/mol. The van der Waals surface area contributed by atoms with Crippen molar-refractivity contribution in [2.75, 3.05) is 13.2 Å². The molecule has 3 aromatic carbocycles. The molecule has 0 saturated carbocycles. The van der Waals surface area contributed by atoms with Crippen LogP contribution in [0.5, 0.6) is 17.2 Å². The molecule has 40 heavy (non-hydrogen) atoms. The topological polar surface area (TPSA) is 88.1 Å². The van der Waals surface area contributed by atoms with Gasteiger partial charge in [-0.2, -0.15) is 0 Å². The summed E-state index contributed by atoms with van der Waals surface area (Å²) in [7, 11) is 0. The molecule has 0 heterocycles. The van der Waals surface area contributed by atoms with Crippen LogP contribution in [-0.2, 0) is 16.0 Å². The fourth-order valence-electron chi connectivity index (χ4n) is 3.10. The number of ether oxygens (including phenoxy) is 4. The molecule has 0 bridgehead atoms. The van der Waals surface area contributed by atoms with Crippen molar-refractivity contribution < 1.29 is 33.3 Å². The summed E-state index contributed by atoms with van der Waals surface area (Å²) in [6.45, 7) is 14.2. The van der Waals surface area contributed by atoms with Crippen molar-refractivity contribution in [2.24, 2.45) is 0 Å². The number of hydrogen-bond acceptors (Lipinski definition) is 7. The van der Waals surface area contributed by atoms with E-state index in [1.165, 1.54) is 0 Å². The third-order valence-corrected chi connectivity index (χ3v) is 5.15. The first-order valence-corrected chi connectivity index (χ1v) is 13.6. The predicted octanol–water partition coefficient (Wildman–Crippen LogP) is 7.63. The number of aryl methyl sites for hydroxylation is 1. The van der Waals surface area contributed by atoms with Crippen LogP contribution in [0.2, 0.25) is 0 Å². The van der Waals surface area contributed by atoms with Gasteiger partial charge in [-0.05, 0) is 85.5 Å². The van der Waals surface area contributed by atoms with E-state index in [1.54, 1.807) is 60.7 Å². The highest BCUT2D eigenvalue weighted by Crippen LogP contribution is 2.19. The SMILES string of the molecule is C=CC(=O)OCCCCOc1ccc(C(=O)Oc2ccc(C(=O)Oc3ccc(CC)cc3)cc2)cc1.CC.CC. The lowest BCUT2D eigenvalue weighted by molar-refractivity contribution is -0.137. The van der Waals surface area contributed by atoms with E-state index >= 15 is 0 Å². The van der Waals surface area contributed by atoms with Crippen molar-refractivity contribution in [3.63, 3.8) is 0 Å². The molecule has 7 nitrogen and oxygen atoms in total. The Kier molecular flexibility index (Phi) is 16.5. The van der Waals surface area contributed by atoms with E-state index in [2.05, 4.69) is 13.5 Å². The lowest BCUT2D eigenvalue weighted by Crippen LogP contribution is -2.10. The van der Waals surface area contributed by atoms with Gasteiger partial charge in [0.1, 0.15) is 17.2 Å². The minimum Gasteiger partial charge on any atom is -0.494 e. The fraction of sp³-hybridized carbons (Fsp3) is 0.303. The first-order chi connectivity index (χ1) is 19.5. The summed E-state index contributed by atoms with van der Waals surface area (Å²) in [6, 6.07) is 20.1. The van der Waals surface area contributed by atoms with Gasteiger partial charge in [0.2, 0.25) is 0 Å². The van der Waals surface area contributed by atoms with Gasteiger partial charge in [-0.15, -0.1) is 0 Å². The van der Waals surface area contributed by atoms with Crippen LogP contribution in [0.25, 0.3) is 0 Å². The number of carbonyl (C=O) groups is 3. The lowest BCUT2D eigenvalue weighted by Gasteiger charge is -2.08. The van der Waals surface area contributed by atoms with Gasteiger partial charge in [0.05, 0.1) is 24.3 Å². The molecule has 7 heteroatoms. The molecule has 0 aliphatic heterocycles. The smallest absolute Gasteiger partial charge is 0.343 e. The van der Waals surface area contributed by atoms with Crippen LogP contribution < -0.4 is 14.2 Å². The Bertz CT molecular complexity index is 1160. The maximum Gasteiger partial charge on any atom is 0.343 e. The summed E-state index contributed by atoms with van der Waals surface area (Å²) in [6.07, 6.45) is 3.42. The normalized spacial score (nSPS) is 9.53. The molecule has 0 aliphatic carbocycles. The molecule has 0 atom stereocenters. The quantitative estimate of drug-likeness (QED) is 0.0995. The summed E-state index contributed by atoms with van der Waals surface area (Å²) in [4.78, 5) is 35.8. The van der Waals surface area contributed by atoms with Gasteiger partial charge in [0.15, 0.2) is 0 Å². The Hall–Kier alpha value is -4.39. The summed E-state index contributed by atoms with van der Waals surface area (Å²) in [5.41, 5.74) is 1.86. The van der Waals surface area contributed by atoms with Gasteiger partial charge < -0.3 is 18.9 Å². The molecule has 0 spiro atoms. The van der Waals surface area contributed by atoms with Gasteiger partial charge in [-0.3, -0.25) is 0 Å². The molecule has 0 fully saturated rings. The Morgan fingerprint density at radius 1 is 0.650 bits per heavy atom. The standard InChI is InChI=1S/C29H28O7.2C2H6/c1-3-21-7-13-25(14-8-21)35-29(32)23-11-17-26(18-12-23)36-28(31)22-9-15-24(16-10-22)33-19-5-6-20-34-27(30)4-2;2*1-2/h4,7-18H,2-3,5-6,19-20H2,1H3;2*1-2H3. The van der Waals surface area contributed by atoms with Crippen molar-refractivity contribution >= 4 is 17.9 Å². The maximum atomic E-state index is 12.4. The van der Waals surface area contributed by atoms with E-state index in [0.29, 0.717) is 54.4 Å². The minimum atomic E-state index is -0.531. The van der Waals surface area contributed by atoms with E-state index in [0.717, 1.165) is 18.1 Å². The number of unbranched alkanes of at least 4 members (excludes halogenated alkanes) is 1. The third-order valence-electron chi connectivity index (χ3n) is 5.15. The van der Waals surface area contributed by atoms with Gasteiger partial charge >= 0.3 is 17.9 Å². The van der Waals surface area contributed by atoms with Crippen LogP contribution in [0.4, 0.5) is 0 Å². The molecule has 3 aromatic rings. The Balaban J connectivity index is 0.00000191. The van der Waals surface area contributed by atoms with E-state index in [-0.39, 0.29) is 0 Å². The van der Waals surface area contributed by atoms with Crippen LogP contribution in [0.1, 0.15) is 73.7 Å². The number of benzene rings is 3. The fourth-order valence-corrected chi connectivity index (χ4v) is 3.10. The molecule has 3 rings (SSSR count). The van der Waals surface area contributed by atoms with Crippen LogP contribution in [0, 0.1) is 0 Å². The van der Waals surface area contributed by atoms with E-state index < -0.39 is 17.9 Å². The molecule has 0 unspecified atom stereocenters. The summed E-state index contributed by atoms with van der Waals surface area (Å²) >= 11 is 0. The number of rotatable bonds is 12. The second-order valence-corrected chi connectivity index (χ2v) is 7.75. The zero-order valence-corrected chi connectivity index (χ0v) is 24.1. The van der Waals surface area contributed by atoms with Crippen LogP contribution >= 0.6 is 0 Å². The zero-order chi connectivity index (χ0) is 29.8. The van der Waals surface area contributed by atoms with Crippen molar-refractivity contribution in [1.29, 1.82) is 0 Å². The average molecular weight is 549 g/mol. The second-order valence-electron chi connectivity index (χ2n) is 7.75. The Labute approximate surface area is 237 Å². The number of hydrogen-bond donors (Lipinski definition) is 0. The highest BCUT2D eigenvalue weighted by Gasteiger charge is 2.12. The highest BCUT2D eigenvalue weighted by atomic mass is 16.5. The lowest BCUT2D eigenvalue weighted by atomic mass is 10.2. The van der Waals surface area contributed by atoms with Crippen molar-refractivity contribution in [1.82, 2.24) is 0 Å². The third kappa shape index (κ3) is 12.0. The highest BCUT2D eigenvalue weighted by molar-refractivity contribution is 5.92. The van der Waals surface area contributed by atoms with Gasteiger partial charge in [-0.1, -0.05) is 53.3 Å². The van der Waals surface area contributed by atoms with E-state index in [9.17, 15) is 14.4 Å². The average Bonchev–Trinajstić information content (AvgIpc) is 3.01. The minimum absolute atomic E-state index is 0.307. The molecule has 0 saturated heterocycles. The monoisotopic (exact) mass is 548 g/mol. The summed E-state index contributed by atoms with van der Waals surface area (Å²) < 4.78 is 21.3. The molecule has 0 N–H and O–H groups in total. The first-order valence-electron chi connectivity index (χ1n) is 13.6. The molecule has 0 radical (unpaired) electrons. The second kappa shape index (κ2) is 19.6. The van der Waals surface area contributed by atoms with Crippen molar-refractivity contribution in [3.05, 3.63) is 102 Å². The molecule has 0 aromatic heterocycles. The van der Waals surface area contributed by atoms with Crippen LogP contribution in [0.15, 0.2) is 85.5 Å². The Morgan fingerprint density at radius 3 is 1.52 bits per heavy atom. The van der Waals surface area contributed by atoms with E-state index in [4.69, 9.17) is 18.9 Å². The Morgan fingerprint density at radius 2 is 1.07 bits per heavy atom. The van der Waals surface area contributed by atoms with Crippen molar-refractivity contribution in [3.8, 4) is 17.2 Å². The van der Waals surface area contributed by atoms with Gasteiger partial charge in [-0.25, -0.2) is 14.4 Å². The molecule has 0 aliphatic rings. The van der Waals surface area contributed by atoms with Gasteiger partial charge in [0, 0.05) is 6.08 Å². The largest absolute Gasteiger partial charge is 0.494 e. The first kappa shape index (κ1) is 33.6. The number of esters is 3. The zero-order valence-electron chi connectivity index (χ0n) is 24.1. The molecular formula is C33H40O7. The summed E-state index contributed by atoms with van der Waals surface area (Å²) in [5.74, 6) is -0.0787. The molecule has 0 amide bonds. The van der Waals surface area contributed by atoms with Crippen molar-refractivity contribution in [2.45, 2.75) is 53.9 Å². The summed E-state index contributed by atoms with van der Waals surface area (Å²) in [5, 5.41) is 0. The van der Waals surface area contributed by atoms with Gasteiger partial charge in [0.25, 0.3) is 0 Å². The maximum absolute atomic E-state index is 12.4. The molecule has 214 valence electrons. The van der Waals surface area contributed by atoms with E-state index in [1.807, 2.05) is 39.8 Å². The van der Waals surface area contributed by atoms with Crippen LogP contribution in [-0.4, -0.2) is 31.1 Å².